The van der Waals surface area contributed by atoms with Gasteiger partial charge in [0.25, 0.3) is 0 Å². The highest BCUT2D eigenvalue weighted by molar-refractivity contribution is 7.15. The van der Waals surface area contributed by atoms with E-state index in [2.05, 4.69) is 25.1 Å². The first kappa shape index (κ1) is 22.3. The molecule has 4 rings (SSSR count). The van der Waals surface area contributed by atoms with Gasteiger partial charge in [-0.05, 0) is 49.4 Å². The van der Waals surface area contributed by atoms with Crippen molar-refractivity contribution in [2.24, 2.45) is 29.1 Å². The minimum Gasteiger partial charge on any atom is -0.392 e. The lowest BCUT2D eigenvalue weighted by Gasteiger charge is -2.53. The summed E-state index contributed by atoms with van der Waals surface area (Å²) in [7, 11) is 1.72. The number of carbonyl (C=O) groups excluding carboxylic acids is 2. The standard InChI is InChI=1S/C24H33N3O3S/c1-6-11-27(5)22(30)13(2)16-9-10-24(4)12-17-19(14(3)18(24)20(16)28)25-23(31-17)26-21(29)15-7-8-15/h1,13-16,18,20,28H,7-12H2,2-5H3,(H,25,26,29)/t13-,14-,16?,18+,20-,24-/m0/s1. The molecule has 1 heterocycles. The molecular formula is C24H33N3O3S. The molecular weight excluding hydrogens is 410 g/mol. The van der Waals surface area contributed by atoms with Crippen molar-refractivity contribution in [1.29, 1.82) is 0 Å². The Bertz CT molecular complexity index is 918. The summed E-state index contributed by atoms with van der Waals surface area (Å²) in [5.74, 6) is 2.45. The van der Waals surface area contributed by atoms with E-state index in [4.69, 9.17) is 11.4 Å². The summed E-state index contributed by atoms with van der Waals surface area (Å²) in [6.07, 6.45) is 9.36. The van der Waals surface area contributed by atoms with Crippen LogP contribution in [0.15, 0.2) is 0 Å². The molecule has 1 aromatic heterocycles. The third kappa shape index (κ3) is 4.01. The Labute approximate surface area is 188 Å². The Morgan fingerprint density at radius 3 is 2.77 bits per heavy atom. The van der Waals surface area contributed by atoms with Crippen molar-refractivity contribution < 1.29 is 14.7 Å². The van der Waals surface area contributed by atoms with Gasteiger partial charge in [-0.25, -0.2) is 4.98 Å². The van der Waals surface area contributed by atoms with Crippen LogP contribution >= 0.6 is 11.3 Å². The van der Waals surface area contributed by atoms with E-state index >= 15 is 0 Å². The zero-order chi connectivity index (χ0) is 22.5. The number of carbonyl (C=O) groups is 2. The van der Waals surface area contributed by atoms with Gasteiger partial charge in [0.05, 0.1) is 18.3 Å². The minimum atomic E-state index is -0.578. The van der Waals surface area contributed by atoms with Gasteiger partial charge in [-0.15, -0.1) is 17.8 Å². The molecule has 1 aromatic rings. The van der Waals surface area contributed by atoms with Crippen molar-refractivity contribution in [2.75, 3.05) is 18.9 Å². The number of hydrogen-bond donors (Lipinski definition) is 2. The first-order chi connectivity index (χ1) is 14.7. The lowest BCUT2D eigenvalue weighted by atomic mass is 9.53. The van der Waals surface area contributed by atoms with Gasteiger partial charge in [-0.1, -0.05) is 26.7 Å². The lowest BCUT2D eigenvalue weighted by molar-refractivity contribution is -0.142. The van der Waals surface area contributed by atoms with E-state index in [-0.39, 0.29) is 53.4 Å². The fourth-order valence-electron chi connectivity index (χ4n) is 5.90. The smallest absolute Gasteiger partial charge is 0.229 e. The fraction of sp³-hybridized carbons (Fsp3) is 0.708. The molecule has 1 unspecified atom stereocenters. The third-order valence-corrected chi connectivity index (χ3v) is 8.82. The van der Waals surface area contributed by atoms with Crippen LogP contribution in [0.25, 0.3) is 0 Å². The number of amides is 2. The van der Waals surface area contributed by atoms with Crippen LogP contribution in [-0.4, -0.2) is 46.5 Å². The number of aliphatic hydroxyl groups is 1. The number of hydrogen-bond acceptors (Lipinski definition) is 5. The number of fused-ring (bicyclic) bond motifs is 2. The Hall–Kier alpha value is -1.91. The van der Waals surface area contributed by atoms with E-state index in [1.54, 1.807) is 23.3 Å². The van der Waals surface area contributed by atoms with Gasteiger partial charge in [0.2, 0.25) is 11.8 Å². The van der Waals surface area contributed by atoms with E-state index in [9.17, 15) is 14.7 Å². The van der Waals surface area contributed by atoms with E-state index in [0.717, 1.165) is 37.8 Å². The van der Waals surface area contributed by atoms with Crippen LogP contribution in [0, 0.1) is 41.4 Å². The zero-order valence-electron chi connectivity index (χ0n) is 18.9. The number of aromatic nitrogens is 1. The molecule has 0 spiro atoms. The first-order valence-electron chi connectivity index (χ1n) is 11.3. The van der Waals surface area contributed by atoms with Crippen molar-refractivity contribution in [3.8, 4) is 12.3 Å². The molecule has 2 N–H and O–H groups in total. The molecule has 3 aliphatic rings. The maximum atomic E-state index is 12.8. The molecule has 6 nitrogen and oxygen atoms in total. The number of anilines is 1. The Kier molecular flexibility index (Phi) is 5.91. The first-order valence-corrected chi connectivity index (χ1v) is 12.1. The number of nitrogens with one attached hydrogen (secondary N) is 1. The number of rotatable bonds is 5. The van der Waals surface area contributed by atoms with Crippen molar-refractivity contribution in [3.63, 3.8) is 0 Å². The largest absolute Gasteiger partial charge is 0.392 e. The van der Waals surface area contributed by atoms with Crippen LogP contribution in [0.3, 0.4) is 0 Å². The average Bonchev–Trinajstić information content (AvgIpc) is 3.49. The highest BCUT2D eigenvalue weighted by atomic mass is 32.1. The van der Waals surface area contributed by atoms with E-state index in [0.29, 0.717) is 5.13 Å². The SMILES string of the molecule is C#CCN(C)C(=O)[C@@H](C)C1CC[C@@]2(C)Cc3sc(NC(=O)C4CC4)nc3[C@@H](C)[C@@H]2[C@H]1O. The highest BCUT2D eigenvalue weighted by Gasteiger charge is 2.54. The lowest BCUT2D eigenvalue weighted by Crippen LogP contribution is -2.53. The fourth-order valence-corrected chi connectivity index (χ4v) is 7.17. The van der Waals surface area contributed by atoms with Gasteiger partial charge < -0.3 is 15.3 Å². The van der Waals surface area contributed by atoms with Gasteiger partial charge in [0.1, 0.15) is 0 Å². The highest BCUT2D eigenvalue weighted by Crippen LogP contribution is 2.57. The molecule has 6 atom stereocenters. The topological polar surface area (TPSA) is 82.5 Å². The summed E-state index contributed by atoms with van der Waals surface area (Å²) in [5, 5.41) is 15.2. The summed E-state index contributed by atoms with van der Waals surface area (Å²) >= 11 is 1.59. The van der Waals surface area contributed by atoms with Crippen LogP contribution < -0.4 is 5.32 Å². The number of nitrogens with zero attached hydrogens (tertiary/aromatic N) is 2. The second kappa shape index (κ2) is 8.22. The van der Waals surface area contributed by atoms with Gasteiger partial charge in [-0.2, -0.15) is 0 Å². The summed E-state index contributed by atoms with van der Waals surface area (Å²) < 4.78 is 0. The second-order valence-electron chi connectivity index (χ2n) is 10.1. The molecule has 0 aromatic carbocycles. The number of terminal acetylenes is 1. The van der Waals surface area contributed by atoms with Crippen LogP contribution in [0.4, 0.5) is 5.13 Å². The van der Waals surface area contributed by atoms with Crippen molar-refractivity contribution in [2.45, 2.75) is 64.9 Å². The molecule has 3 aliphatic carbocycles. The Morgan fingerprint density at radius 1 is 1.42 bits per heavy atom. The molecule has 0 bridgehead atoms. The van der Waals surface area contributed by atoms with E-state index in [1.165, 1.54) is 4.88 Å². The van der Waals surface area contributed by atoms with Crippen LogP contribution in [0.1, 0.15) is 62.9 Å². The quantitative estimate of drug-likeness (QED) is 0.685. The number of aliphatic hydroxyl groups excluding tert-OH is 1. The summed E-state index contributed by atoms with van der Waals surface area (Å²) in [4.78, 5) is 32.6. The monoisotopic (exact) mass is 443 g/mol. The van der Waals surface area contributed by atoms with Crippen LogP contribution in [-0.2, 0) is 16.0 Å². The maximum Gasteiger partial charge on any atom is 0.229 e. The van der Waals surface area contributed by atoms with Gasteiger partial charge in [0, 0.05) is 29.7 Å². The predicted molar refractivity (Wildman–Crippen MR) is 122 cm³/mol. The Balaban J connectivity index is 1.55. The Morgan fingerprint density at radius 2 is 2.13 bits per heavy atom. The van der Waals surface area contributed by atoms with Crippen molar-refractivity contribution in [1.82, 2.24) is 9.88 Å². The molecule has 0 aliphatic heterocycles. The average molecular weight is 444 g/mol. The molecule has 7 heteroatoms. The normalized spacial score (nSPS) is 32.9. The van der Waals surface area contributed by atoms with E-state index < -0.39 is 6.10 Å². The minimum absolute atomic E-state index is 0.00603. The predicted octanol–water partition coefficient (Wildman–Crippen LogP) is 3.27. The van der Waals surface area contributed by atoms with Gasteiger partial charge in [0.15, 0.2) is 5.13 Å². The second-order valence-corrected chi connectivity index (χ2v) is 11.2. The maximum absolute atomic E-state index is 12.8. The van der Waals surface area contributed by atoms with Crippen LogP contribution in [0.2, 0.25) is 0 Å². The van der Waals surface area contributed by atoms with Crippen molar-refractivity contribution in [3.05, 3.63) is 10.6 Å². The summed E-state index contributed by atoms with van der Waals surface area (Å²) in [6.45, 7) is 6.59. The van der Waals surface area contributed by atoms with Gasteiger partial charge >= 0.3 is 0 Å². The molecule has 168 valence electrons. The molecule has 0 saturated heterocycles. The molecule has 2 saturated carbocycles. The summed E-state index contributed by atoms with van der Waals surface area (Å²) in [5.41, 5.74) is 0.960. The molecule has 2 amide bonds. The van der Waals surface area contributed by atoms with Crippen LogP contribution in [0.5, 0.6) is 0 Å². The molecule has 2 fully saturated rings. The zero-order valence-corrected chi connectivity index (χ0v) is 19.7. The number of thiazole rings is 1. The third-order valence-electron chi connectivity index (χ3n) is 7.84. The summed E-state index contributed by atoms with van der Waals surface area (Å²) in [6, 6.07) is 0. The van der Waals surface area contributed by atoms with Crippen molar-refractivity contribution >= 4 is 28.3 Å². The van der Waals surface area contributed by atoms with E-state index in [1.807, 2.05) is 6.92 Å². The molecule has 0 radical (unpaired) electrons. The van der Waals surface area contributed by atoms with Gasteiger partial charge in [-0.3, -0.25) is 9.59 Å². The molecule has 31 heavy (non-hydrogen) atoms.